The second-order valence-corrected chi connectivity index (χ2v) is 7.31. The highest BCUT2D eigenvalue weighted by Crippen LogP contribution is 2.30. The Kier molecular flexibility index (Phi) is 4.66. The number of halogens is 1. The average Bonchev–Trinajstić information content (AvgIpc) is 2.87. The lowest BCUT2D eigenvalue weighted by Gasteiger charge is -2.23. The molecule has 3 N–H and O–H groups in total. The van der Waals surface area contributed by atoms with Gasteiger partial charge in [-0.25, -0.2) is 8.42 Å². The van der Waals surface area contributed by atoms with E-state index in [9.17, 15) is 13.5 Å². The number of hydrogen-bond acceptors (Lipinski definition) is 4. The first-order chi connectivity index (χ1) is 9.37. The Morgan fingerprint density at radius 2 is 2.25 bits per heavy atom. The Morgan fingerprint density at radius 3 is 2.80 bits per heavy atom. The van der Waals surface area contributed by atoms with Crippen LogP contribution < -0.4 is 5.73 Å². The molecule has 1 aromatic carbocycles. The van der Waals surface area contributed by atoms with Gasteiger partial charge in [0.1, 0.15) is 9.88 Å². The summed E-state index contributed by atoms with van der Waals surface area (Å²) in [7, 11) is -3.72. The number of aliphatic hydroxyl groups excluding tert-OH is 1. The molecule has 0 radical (unpaired) electrons. The van der Waals surface area contributed by atoms with Crippen LogP contribution in [-0.2, 0) is 10.0 Å². The minimum absolute atomic E-state index is 0.0134. The normalized spacial score (nSPS) is 20.2. The molecule has 1 aliphatic rings. The zero-order chi connectivity index (χ0) is 14.9. The van der Waals surface area contributed by atoms with Gasteiger partial charge < -0.3 is 10.8 Å². The van der Waals surface area contributed by atoms with Crippen LogP contribution in [0, 0.1) is 0 Å². The van der Waals surface area contributed by atoms with E-state index in [-0.39, 0.29) is 27.6 Å². The molecule has 1 unspecified atom stereocenters. The van der Waals surface area contributed by atoms with Crippen LogP contribution in [0.4, 0.5) is 0 Å². The quantitative estimate of drug-likeness (QED) is 0.806. The molecule has 110 valence electrons. The van der Waals surface area contributed by atoms with Crippen molar-refractivity contribution in [2.24, 2.45) is 5.73 Å². The lowest BCUT2D eigenvalue weighted by molar-refractivity contribution is 0.213. The Labute approximate surface area is 128 Å². The average molecular weight is 335 g/mol. The summed E-state index contributed by atoms with van der Waals surface area (Å²) in [5, 5.41) is 9.34. The van der Waals surface area contributed by atoms with Gasteiger partial charge in [0, 0.05) is 18.2 Å². The second kappa shape index (κ2) is 5.95. The maximum Gasteiger partial charge on any atom is 0.244 e. The topological polar surface area (TPSA) is 83.6 Å². The summed E-state index contributed by atoms with van der Waals surface area (Å²) in [5.41, 5.74) is 6.01. The Bertz CT molecular complexity index is 634. The van der Waals surface area contributed by atoms with Crippen molar-refractivity contribution in [3.8, 4) is 0 Å². The maximum atomic E-state index is 12.6. The molecule has 0 aromatic heterocycles. The molecule has 0 saturated carbocycles. The van der Waals surface area contributed by atoms with Crippen LogP contribution >= 0.6 is 23.8 Å². The summed E-state index contributed by atoms with van der Waals surface area (Å²) in [6.45, 7) is 0.197. The molecule has 1 aliphatic heterocycles. The van der Waals surface area contributed by atoms with Gasteiger partial charge >= 0.3 is 0 Å². The molecule has 0 amide bonds. The van der Waals surface area contributed by atoms with Gasteiger partial charge in [-0.1, -0.05) is 29.9 Å². The van der Waals surface area contributed by atoms with Crippen molar-refractivity contribution in [1.82, 2.24) is 4.31 Å². The molecule has 20 heavy (non-hydrogen) atoms. The third-order valence-corrected chi connectivity index (χ3v) is 6.01. The molecule has 1 aromatic rings. The molecular formula is C12H15ClN2O3S2. The van der Waals surface area contributed by atoms with Crippen molar-refractivity contribution in [3.63, 3.8) is 0 Å². The highest BCUT2D eigenvalue weighted by Gasteiger charge is 2.35. The van der Waals surface area contributed by atoms with Crippen molar-refractivity contribution in [2.45, 2.75) is 23.8 Å². The Morgan fingerprint density at radius 1 is 1.55 bits per heavy atom. The number of nitrogens with zero attached hydrogens (tertiary/aromatic N) is 1. The third kappa shape index (κ3) is 2.82. The van der Waals surface area contributed by atoms with Gasteiger partial charge in [-0.2, -0.15) is 4.31 Å². The molecule has 0 aliphatic carbocycles. The molecule has 5 nitrogen and oxygen atoms in total. The molecule has 1 saturated heterocycles. The van der Waals surface area contributed by atoms with E-state index in [1.807, 2.05) is 0 Å². The molecule has 2 rings (SSSR count). The number of aliphatic hydroxyl groups is 1. The van der Waals surface area contributed by atoms with Crippen LogP contribution in [0.2, 0.25) is 5.02 Å². The number of sulfonamides is 1. The molecule has 0 bridgehead atoms. The van der Waals surface area contributed by atoms with Crippen LogP contribution in [0.15, 0.2) is 23.1 Å². The summed E-state index contributed by atoms with van der Waals surface area (Å²) >= 11 is 10.9. The van der Waals surface area contributed by atoms with Crippen molar-refractivity contribution in [3.05, 3.63) is 28.8 Å². The van der Waals surface area contributed by atoms with Crippen LogP contribution in [0.3, 0.4) is 0 Å². The van der Waals surface area contributed by atoms with Crippen molar-refractivity contribution >= 4 is 38.8 Å². The summed E-state index contributed by atoms with van der Waals surface area (Å²) in [4.78, 5) is 0.171. The van der Waals surface area contributed by atoms with Crippen molar-refractivity contribution in [2.75, 3.05) is 13.2 Å². The van der Waals surface area contributed by atoms with Crippen LogP contribution in [0.1, 0.15) is 18.4 Å². The van der Waals surface area contributed by atoms with Crippen molar-refractivity contribution in [1.29, 1.82) is 0 Å². The first-order valence-corrected chi connectivity index (χ1v) is 8.32. The number of hydrogen-bond donors (Lipinski definition) is 2. The zero-order valence-electron chi connectivity index (χ0n) is 10.6. The molecule has 1 heterocycles. The van der Waals surface area contributed by atoms with Crippen molar-refractivity contribution < 1.29 is 13.5 Å². The maximum absolute atomic E-state index is 12.6. The van der Waals surface area contributed by atoms with E-state index >= 15 is 0 Å². The first kappa shape index (κ1) is 15.7. The van der Waals surface area contributed by atoms with Crippen LogP contribution in [-0.4, -0.2) is 42.0 Å². The highest BCUT2D eigenvalue weighted by molar-refractivity contribution is 7.89. The van der Waals surface area contributed by atoms with E-state index in [2.05, 4.69) is 0 Å². The van der Waals surface area contributed by atoms with Gasteiger partial charge in [0.15, 0.2) is 0 Å². The first-order valence-electron chi connectivity index (χ1n) is 6.10. The standard InChI is InChI=1S/C12H15ClN2O3S2/c13-10-6-8(12(14)19)3-4-11(10)20(17,18)15-5-1-2-9(15)7-16/h3-4,6,9,16H,1-2,5,7H2,(H2,14,19). The fourth-order valence-electron chi connectivity index (χ4n) is 2.30. The monoisotopic (exact) mass is 334 g/mol. The predicted octanol–water partition coefficient (Wildman–Crippen LogP) is 1.12. The van der Waals surface area contributed by atoms with E-state index in [1.54, 1.807) is 0 Å². The number of nitrogens with two attached hydrogens (primary N) is 1. The number of benzene rings is 1. The molecule has 8 heteroatoms. The molecule has 0 spiro atoms. The fraction of sp³-hybridized carbons (Fsp3) is 0.417. The predicted molar refractivity (Wildman–Crippen MR) is 81.3 cm³/mol. The number of thiocarbonyl (C=S) groups is 1. The lowest BCUT2D eigenvalue weighted by atomic mass is 10.2. The summed E-state index contributed by atoms with van der Waals surface area (Å²) < 4.78 is 26.4. The summed E-state index contributed by atoms with van der Waals surface area (Å²) in [6.07, 6.45) is 1.38. The van der Waals surface area contributed by atoms with E-state index < -0.39 is 10.0 Å². The van der Waals surface area contributed by atoms with Gasteiger partial charge in [-0.3, -0.25) is 0 Å². The summed E-state index contributed by atoms with van der Waals surface area (Å²) in [5.74, 6) is 0. The Balaban J connectivity index is 2.42. The largest absolute Gasteiger partial charge is 0.395 e. The van der Waals surface area contributed by atoms with Gasteiger partial charge in [0.05, 0.1) is 11.6 Å². The fourth-order valence-corrected chi connectivity index (χ4v) is 4.63. The van der Waals surface area contributed by atoms with E-state index in [4.69, 9.17) is 29.6 Å². The summed E-state index contributed by atoms with van der Waals surface area (Å²) in [6, 6.07) is 4.00. The molecule has 1 fully saturated rings. The lowest BCUT2D eigenvalue weighted by Crippen LogP contribution is -2.37. The highest BCUT2D eigenvalue weighted by atomic mass is 35.5. The second-order valence-electron chi connectivity index (χ2n) is 4.60. The zero-order valence-corrected chi connectivity index (χ0v) is 13.0. The van der Waals surface area contributed by atoms with Crippen LogP contribution in [0.25, 0.3) is 0 Å². The number of rotatable bonds is 4. The third-order valence-electron chi connectivity index (χ3n) is 3.34. The minimum atomic E-state index is -3.72. The Hall–Kier alpha value is -0.730. The smallest absolute Gasteiger partial charge is 0.244 e. The van der Waals surface area contributed by atoms with E-state index in [1.165, 1.54) is 22.5 Å². The van der Waals surface area contributed by atoms with Gasteiger partial charge in [-0.05, 0) is 25.0 Å². The van der Waals surface area contributed by atoms with Gasteiger partial charge in [0.25, 0.3) is 0 Å². The molecule has 1 atom stereocenters. The van der Waals surface area contributed by atoms with E-state index in [0.29, 0.717) is 18.5 Å². The van der Waals surface area contributed by atoms with Gasteiger partial charge in [-0.15, -0.1) is 0 Å². The van der Waals surface area contributed by atoms with E-state index in [0.717, 1.165) is 6.42 Å². The molecular weight excluding hydrogens is 320 g/mol. The van der Waals surface area contributed by atoms with Gasteiger partial charge in [0.2, 0.25) is 10.0 Å². The minimum Gasteiger partial charge on any atom is -0.395 e. The SMILES string of the molecule is NC(=S)c1ccc(S(=O)(=O)N2CCCC2CO)c(Cl)c1. The van der Waals surface area contributed by atoms with Crippen LogP contribution in [0.5, 0.6) is 0 Å².